The molecular formula is C41H29N3. The second-order valence-corrected chi connectivity index (χ2v) is 11.5. The van der Waals surface area contributed by atoms with Gasteiger partial charge in [-0.05, 0) is 66.9 Å². The molecule has 8 aromatic rings. The molecule has 0 N–H and O–H groups in total. The maximum atomic E-state index is 5.19. The standard InChI is InChI=1S/C41H29N3/c1-4-14-28(15-5-1)36-24-31(25-37(42-36)29-16-6-2-7-17-29)44-39-23-13-11-21-33(39)35-26-40-34(27-41(35)44)32-20-10-12-22-38(32)43(40)30-18-8-3-9-19-30/h1,3-6,8-27H,2,7H2. The molecule has 3 heterocycles. The molecule has 0 bridgehead atoms. The lowest BCUT2D eigenvalue weighted by molar-refractivity contribution is 1.04. The van der Waals surface area contributed by atoms with Crippen LogP contribution < -0.4 is 0 Å². The van der Waals surface area contributed by atoms with Gasteiger partial charge in [0, 0.05) is 32.8 Å². The van der Waals surface area contributed by atoms with E-state index in [0.29, 0.717) is 0 Å². The summed E-state index contributed by atoms with van der Waals surface area (Å²) < 4.78 is 4.83. The molecule has 1 aliphatic rings. The molecule has 3 aromatic heterocycles. The van der Waals surface area contributed by atoms with Crippen molar-refractivity contribution < 1.29 is 0 Å². The van der Waals surface area contributed by atoms with E-state index in [1.54, 1.807) is 0 Å². The SMILES string of the molecule is C1=CC(c2cc(-n3c4ccccc4c4cc5c(cc43)c3ccccc3n5-c3ccccc3)cc(-c3ccccc3)n2)=CCC1. The van der Waals surface area contributed by atoms with E-state index in [1.807, 2.05) is 0 Å². The van der Waals surface area contributed by atoms with Crippen LogP contribution in [-0.4, -0.2) is 14.1 Å². The van der Waals surface area contributed by atoms with Gasteiger partial charge >= 0.3 is 0 Å². The molecule has 0 fully saturated rings. The first kappa shape index (κ1) is 24.9. The Kier molecular flexibility index (Phi) is 5.63. The van der Waals surface area contributed by atoms with Gasteiger partial charge < -0.3 is 9.13 Å². The van der Waals surface area contributed by atoms with Crippen LogP contribution in [0.2, 0.25) is 0 Å². The van der Waals surface area contributed by atoms with Gasteiger partial charge in [-0.3, -0.25) is 0 Å². The summed E-state index contributed by atoms with van der Waals surface area (Å²) in [6.45, 7) is 0. The van der Waals surface area contributed by atoms with Gasteiger partial charge in [-0.2, -0.15) is 0 Å². The van der Waals surface area contributed by atoms with E-state index in [-0.39, 0.29) is 0 Å². The summed E-state index contributed by atoms with van der Waals surface area (Å²) >= 11 is 0. The molecule has 5 aromatic carbocycles. The first-order valence-electron chi connectivity index (χ1n) is 15.3. The molecule has 3 heteroatoms. The van der Waals surface area contributed by atoms with Crippen molar-refractivity contribution in [2.24, 2.45) is 0 Å². The number of rotatable bonds is 4. The highest BCUT2D eigenvalue weighted by atomic mass is 15.0. The van der Waals surface area contributed by atoms with Crippen molar-refractivity contribution in [3.63, 3.8) is 0 Å². The van der Waals surface area contributed by atoms with Gasteiger partial charge in [0.25, 0.3) is 0 Å². The van der Waals surface area contributed by atoms with E-state index in [4.69, 9.17) is 4.98 Å². The Balaban J connectivity index is 1.39. The van der Waals surface area contributed by atoms with Gasteiger partial charge in [-0.25, -0.2) is 4.98 Å². The van der Waals surface area contributed by atoms with Gasteiger partial charge in [-0.15, -0.1) is 0 Å². The van der Waals surface area contributed by atoms with Crippen molar-refractivity contribution >= 4 is 49.2 Å². The minimum atomic E-state index is 0.977. The summed E-state index contributed by atoms with van der Waals surface area (Å²) in [4.78, 5) is 5.19. The number of hydrogen-bond acceptors (Lipinski definition) is 1. The van der Waals surface area contributed by atoms with Crippen LogP contribution in [0, 0.1) is 0 Å². The highest BCUT2D eigenvalue weighted by Crippen LogP contribution is 2.40. The summed E-state index contributed by atoms with van der Waals surface area (Å²) in [5.41, 5.74) is 11.4. The van der Waals surface area contributed by atoms with Crippen molar-refractivity contribution in [2.45, 2.75) is 12.8 Å². The molecule has 0 unspecified atom stereocenters. The summed E-state index contributed by atoms with van der Waals surface area (Å²) in [6, 6.07) is 48.0. The monoisotopic (exact) mass is 563 g/mol. The summed E-state index contributed by atoms with van der Waals surface area (Å²) in [6.07, 6.45) is 8.91. The Labute approximate surface area is 255 Å². The molecule has 3 nitrogen and oxygen atoms in total. The maximum absolute atomic E-state index is 5.19. The van der Waals surface area contributed by atoms with Crippen LogP contribution in [0.5, 0.6) is 0 Å². The lowest BCUT2D eigenvalue weighted by Crippen LogP contribution is -2.00. The van der Waals surface area contributed by atoms with Crippen molar-refractivity contribution in [2.75, 3.05) is 0 Å². The van der Waals surface area contributed by atoms with Crippen molar-refractivity contribution in [1.29, 1.82) is 0 Å². The molecule has 0 atom stereocenters. The fraction of sp³-hybridized carbons (Fsp3) is 0.0488. The van der Waals surface area contributed by atoms with Crippen LogP contribution in [0.25, 0.3) is 71.8 Å². The Morgan fingerprint density at radius 2 is 1.02 bits per heavy atom. The van der Waals surface area contributed by atoms with Crippen LogP contribution in [-0.2, 0) is 0 Å². The first-order valence-corrected chi connectivity index (χ1v) is 15.3. The molecule has 0 saturated heterocycles. The molecular weight excluding hydrogens is 534 g/mol. The normalized spacial score (nSPS) is 13.3. The number of pyridine rings is 1. The molecule has 0 amide bonds. The minimum absolute atomic E-state index is 0.977. The Bertz CT molecular complexity index is 2420. The lowest BCUT2D eigenvalue weighted by Gasteiger charge is -2.14. The van der Waals surface area contributed by atoms with Crippen molar-refractivity contribution in [1.82, 2.24) is 14.1 Å². The van der Waals surface area contributed by atoms with Crippen LogP contribution in [0.3, 0.4) is 0 Å². The zero-order valence-electron chi connectivity index (χ0n) is 24.2. The van der Waals surface area contributed by atoms with Gasteiger partial charge in [-0.1, -0.05) is 103 Å². The zero-order chi connectivity index (χ0) is 29.0. The number of benzene rings is 5. The van der Waals surface area contributed by atoms with E-state index >= 15 is 0 Å². The van der Waals surface area contributed by atoms with Crippen LogP contribution in [0.1, 0.15) is 18.5 Å². The first-order chi connectivity index (χ1) is 21.8. The molecule has 44 heavy (non-hydrogen) atoms. The highest BCUT2D eigenvalue weighted by Gasteiger charge is 2.19. The number of fused-ring (bicyclic) bond motifs is 6. The minimum Gasteiger partial charge on any atom is -0.309 e. The predicted octanol–water partition coefficient (Wildman–Crippen LogP) is 10.7. The predicted molar refractivity (Wildman–Crippen MR) is 185 cm³/mol. The van der Waals surface area contributed by atoms with Gasteiger partial charge in [0.05, 0.1) is 39.1 Å². The summed E-state index contributed by atoms with van der Waals surface area (Å²) in [5.74, 6) is 0. The lowest BCUT2D eigenvalue weighted by atomic mass is 10.0. The van der Waals surface area contributed by atoms with E-state index in [1.165, 1.54) is 54.9 Å². The summed E-state index contributed by atoms with van der Waals surface area (Å²) in [5, 5.41) is 4.98. The maximum Gasteiger partial charge on any atom is 0.0730 e. The second-order valence-electron chi connectivity index (χ2n) is 11.5. The Morgan fingerprint density at radius 1 is 0.455 bits per heavy atom. The highest BCUT2D eigenvalue weighted by molar-refractivity contribution is 6.19. The molecule has 0 radical (unpaired) electrons. The largest absolute Gasteiger partial charge is 0.309 e. The molecule has 9 rings (SSSR count). The molecule has 0 spiro atoms. The van der Waals surface area contributed by atoms with Crippen molar-refractivity contribution in [3.05, 3.63) is 157 Å². The van der Waals surface area contributed by atoms with Crippen LogP contribution in [0.15, 0.2) is 152 Å². The van der Waals surface area contributed by atoms with E-state index in [0.717, 1.165) is 35.5 Å². The molecule has 1 aliphatic carbocycles. The number of para-hydroxylation sites is 3. The van der Waals surface area contributed by atoms with Crippen LogP contribution >= 0.6 is 0 Å². The third kappa shape index (κ3) is 3.86. The van der Waals surface area contributed by atoms with Gasteiger partial charge in [0.15, 0.2) is 0 Å². The molecule has 0 aliphatic heterocycles. The quantitative estimate of drug-likeness (QED) is 0.209. The molecule has 208 valence electrons. The second kappa shape index (κ2) is 9.96. The fourth-order valence-corrected chi connectivity index (χ4v) is 6.92. The van der Waals surface area contributed by atoms with E-state index < -0.39 is 0 Å². The number of allylic oxidation sites excluding steroid dienone is 4. The summed E-state index contributed by atoms with van der Waals surface area (Å²) in [7, 11) is 0. The average molecular weight is 564 g/mol. The third-order valence-electron chi connectivity index (χ3n) is 8.91. The Hall–Kier alpha value is -5.67. The number of nitrogens with zero attached hydrogens (tertiary/aromatic N) is 3. The van der Waals surface area contributed by atoms with Gasteiger partial charge in [0.2, 0.25) is 0 Å². The van der Waals surface area contributed by atoms with Crippen LogP contribution in [0.4, 0.5) is 0 Å². The smallest absolute Gasteiger partial charge is 0.0730 e. The number of hydrogen-bond donors (Lipinski definition) is 0. The van der Waals surface area contributed by atoms with Crippen molar-refractivity contribution in [3.8, 4) is 22.6 Å². The topological polar surface area (TPSA) is 22.8 Å². The fourth-order valence-electron chi connectivity index (χ4n) is 6.92. The third-order valence-corrected chi connectivity index (χ3v) is 8.91. The number of aromatic nitrogens is 3. The average Bonchev–Trinajstić information content (AvgIpc) is 3.60. The van der Waals surface area contributed by atoms with Gasteiger partial charge in [0.1, 0.15) is 0 Å². The van der Waals surface area contributed by atoms with E-state index in [2.05, 4.69) is 161 Å². The van der Waals surface area contributed by atoms with E-state index in [9.17, 15) is 0 Å². The molecule has 0 saturated carbocycles. The Morgan fingerprint density at radius 3 is 1.66 bits per heavy atom. The zero-order valence-corrected chi connectivity index (χ0v) is 24.2.